The molecule has 0 atom stereocenters. The van der Waals surface area contributed by atoms with Crippen molar-refractivity contribution in [2.24, 2.45) is 7.05 Å². The molecule has 0 unspecified atom stereocenters. The molecule has 11 nitrogen and oxygen atoms in total. The van der Waals surface area contributed by atoms with Crippen molar-refractivity contribution in [1.29, 1.82) is 0 Å². The van der Waals surface area contributed by atoms with Crippen LogP contribution in [0.1, 0.15) is 27.7 Å². The molecule has 4 aromatic rings. The number of anilines is 6. The quantitative estimate of drug-likeness (QED) is 0.271. The fraction of sp³-hybridized carbons (Fsp3) is 0.360. The van der Waals surface area contributed by atoms with E-state index in [9.17, 15) is 0 Å². The summed E-state index contributed by atoms with van der Waals surface area (Å²) in [4.78, 5) is 18.4. The first kappa shape index (κ1) is 26.1. The first-order valence-electron chi connectivity index (χ1n) is 12.4. The van der Waals surface area contributed by atoms with E-state index in [0.717, 1.165) is 37.6 Å². The molecule has 2 N–H and O–H groups in total. The van der Waals surface area contributed by atoms with Gasteiger partial charge < -0.3 is 20.4 Å². The maximum Gasteiger partial charge on any atom is 0.233 e. The lowest BCUT2D eigenvalue weighted by molar-refractivity contribution is 0.663. The molecule has 0 aliphatic carbocycles. The number of hydrogen-bond acceptors (Lipinski definition) is 11. The predicted molar refractivity (Wildman–Crippen MR) is 149 cm³/mol. The van der Waals surface area contributed by atoms with Crippen molar-refractivity contribution < 1.29 is 0 Å². The molecular weight excluding hydrogens is 486 g/mol. The van der Waals surface area contributed by atoms with Gasteiger partial charge in [-0.1, -0.05) is 0 Å². The maximum atomic E-state index is 4.62. The number of nitrogens with one attached hydrogen (secondary N) is 2. The molecule has 0 spiro atoms. The van der Waals surface area contributed by atoms with Gasteiger partial charge in [-0.25, -0.2) is 4.68 Å². The third-order valence-electron chi connectivity index (χ3n) is 5.88. The number of benzene rings is 2. The van der Waals surface area contributed by atoms with E-state index >= 15 is 0 Å². The Kier molecular flexibility index (Phi) is 8.72. The van der Waals surface area contributed by atoms with E-state index in [1.807, 2.05) is 24.3 Å². The Balaban J connectivity index is 1.58. The third-order valence-corrected chi connectivity index (χ3v) is 6.78. The van der Waals surface area contributed by atoms with Gasteiger partial charge in [-0.3, -0.25) is 0 Å². The van der Waals surface area contributed by atoms with E-state index in [-0.39, 0.29) is 0 Å². The largest absolute Gasteiger partial charge is 0.372 e. The van der Waals surface area contributed by atoms with E-state index in [2.05, 4.69) is 103 Å². The van der Waals surface area contributed by atoms with Crippen LogP contribution in [0.2, 0.25) is 0 Å². The summed E-state index contributed by atoms with van der Waals surface area (Å²) >= 11 is 1.27. The molecule has 0 saturated carbocycles. The number of nitrogens with zero attached hydrogens (tertiary/aromatic N) is 9. The van der Waals surface area contributed by atoms with E-state index in [0.29, 0.717) is 22.2 Å². The number of aromatic nitrogens is 7. The summed E-state index contributed by atoms with van der Waals surface area (Å²) in [6, 6.07) is 16.5. The Morgan fingerprint density at radius 1 is 0.703 bits per heavy atom. The molecule has 0 aliphatic rings. The van der Waals surface area contributed by atoms with Crippen LogP contribution in [0.4, 0.5) is 34.6 Å². The van der Waals surface area contributed by atoms with Crippen LogP contribution in [0.25, 0.3) is 0 Å². The van der Waals surface area contributed by atoms with Crippen LogP contribution in [0, 0.1) is 0 Å². The molecule has 0 bridgehead atoms. The summed E-state index contributed by atoms with van der Waals surface area (Å²) in [6.07, 6.45) is 0. The summed E-state index contributed by atoms with van der Waals surface area (Å²) in [7, 11) is 1.77. The van der Waals surface area contributed by atoms with Gasteiger partial charge in [-0.15, -0.1) is 5.10 Å². The summed E-state index contributed by atoms with van der Waals surface area (Å²) in [5.41, 5.74) is 4.11. The molecule has 2 heterocycles. The monoisotopic (exact) mass is 519 g/mol. The second-order valence-electron chi connectivity index (χ2n) is 8.14. The van der Waals surface area contributed by atoms with Gasteiger partial charge in [0.15, 0.2) is 0 Å². The van der Waals surface area contributed by atoms with Crippen LogP contribution in [0.15, 0.2) is 58.8 Å². The number of hydrogen-bond donors (Lipinski definition) is 2. The molecule has 4 rings (SSSR count). The molecule has 0 radical (unpaired) electrons. The summed E-state index contributed by atoms with van der Waals surface area (Å²) in [5.74, 6) is 0.843. The lowest BCUT2D eigenvalue weighted by Gasteiger charge is -2.21. The molecular formula is C25H33N11S. The summed E-state index contributed by atoms with van der Waals surface area (Å²) in [5, 5.41) is 19.3. The Hall–Kier alpha value is -3.93. The molecule has 0 fully saturated rings. The zero-order chi connectivity index (χ0) is 26.2. The van der Waals surface area contributed by atoms with Crippen LogP contribution in [-0.4, -0.2) is 61.3 Å². The number of rotatable bonds is 12. The van der Waals surface area contributed by atoms with Gasteiger partial charge in [0.25, 0.3) is 0 Å². The number of aryl methyl sites for hydroxylation is 1. The van der Waals surface area contributed by atoms with E-state index in [1.54, 1.807) is 11.7 Å². The second-order valence-corrected chi connectivity index (χ2v) is 9.08. The minimum absolute atomic E-state index is 0.422. The van der Waals surface area contributed by atoms with Gasteiger partial charge in [0.05, 0.1) is 0 Å². The van der Waals surface area contributed by atoms with Crippen molar-refractivity contribution in [1.82, 2.24) is 35.2 Å². The lowest BCUT2D eigenvalue weighted by Crippen LogP contribution is -2.21. The maximum absolute atomic E-state index is 4.62. The van der Waals surface area contributed by atoms with E-state index < -0.39 is 0 Å². The van der Waals surface area contributed by atoms with Crippen molar-refractivity contribution >= 4 is 46.4 Å². The Bertz CT molecular complexity index is 1190. The highest BCUT2D eigenvalue weighted by molar-refractivity contribution is 7.99. The molecule has 0 amide bonds. The Morgan fingerprint density at radius 3 is 1.54 bits per heavy atom. The summed E-state index contributed by atoms with van der Waals surface area (Å²) in [6.45, 7) is 12.4. The van der Waals surface area contributed by atoms with Crippen molar-refractivity contribution in [3.05, 3.63) is 48.5 Å². The molecule has 2 aromatic carbocycles. The molecule has 0 saturated heterocycles. The van der Waals surface area contributed by atoms with Gasteiger partial charge in [0, 0.05) is 56.0 Å². The average Bonchev–Trinajstić information content (AvgIpc) is 3.31. The molecule has 2 aromatic heterocycles. The van der Waals surface area contributed by atoms with Crippen molar-refractivity contribution in [2.45, 2.75) is 38.0 Å². The first-order valence-corrected chi connectivity index (χ1v) is 13.2. The minimum Gasteiger partial charge on any atom is -0.372 e. The standard InChI is InChI=1S/C25H33N11S/c1-6-35(7-2)20-14-10-18(11-15-20)26-22-28-23(30-24(29-22)37-25-31-32-33-34(25)5)27-19-12-16-21(17-13-19)36(8-3)9-4/h10-17H,6-9H2,1-5H3,(H2,26,27,28,29,30). The van der Waals surface area contributed by atoms with Gasteiger partial charge in [0.1, 0.15) is 0 Å². The van der Waals surface area contributed by atoms with Gasteiger partial charge in [0.2, 0.25) is 22.2 Å². The molecule has 0 aliphatic heterocycles. The SMILES string of the molecule is CCN(CC)c1ccc(Nc2nc(Nc3ccc(N(CC)CC)cc3)nc(Sc3nnnn3C)n2)cc1. The van der Waals surface area contributed by atoms with Gasteiger partial charge in [-0.2, -0.15) is 15.0 Å². The Labute approximate surface area is 221 Å². The highest BCUT2D eigenvalue weighted by Gasteiger charge is 2.13. The smallest absolute Gasteiger partial charge is 0.233 e. The molecule has 12 heteroatoms. The van der Waals surface area contributed by atoms with Crippen LogP contribution < -0.4 is 20.4 Å². The van der Waals surface area contributed by atoms with E-state index in [1.165, 1.54) is 23.1 Å². The zero-order valence-electron chi connectivity index (χ0n) is 21.9. The fourth-order valence-electron chi connectivity index (χ4n) is 3.85. The zero-order valence-corrected chi connectivity index (χ0v) is 22.7. The third kappa shape index (κ3) is 6.64. The fourth-order valence-corrected chi connectivity index (χ4v) is 4.52. The number of tetrazole rings is 1. The van der Waals surface area contributed by atoms with Gasteiger partial charge >= 0.3 is 0 Å². The minimum atomic E-state index is 0.422. The second kappa shape index (κ2) is 12.3. The highest BCUT2D eigenvalue weighted by Crippen LogP contribution is 2.27. The van der Waals surface area contributed by atoms with Crippen LogP contribution in [0.3, 0.4) is 0 Å². The van der Waals surface area contributed by atoms with Crippen LogP contribution in [-0.2, 0) is 7.05 Å². The van der Waals surface area contributed by atoms with Crippen LogP contribution in [0.5, 0.6) is 0 Å². The van der Waals surface area contributed by atoms with Crippen molar-refractivity contribution in [3.63, 3.8) is 0 Å². The Morgan fingerprint density at radius 2 is 1.16 bits per heavy atom. The van der Waals surface area contributed by atoms with Crippen LogP contribution >= 0.6 is 11.8 Å². The summed E-state index contributed by atoms with van der Waals surface area (Å²) < 4.78 is 1.58. The molecule has 37 heavy (non-hydrogen) atoms. The normalized spacial score (nSPS) is 10.8. The van der Waals surface area contributed by atoms with Crippen molar-refractivity contribution in [3.8, 4) is 0 Å². The molecule has 194 valence electrons. The predicted octanol–water partition coefficient (Wildman–Crippen LogP) is 4.73. The first-order chi connectivity index (χ1) is 18.0. The average molecular weight is 520 g/mol. The van der Waals surface area contributed by atoms with Crippen molar-refractivity contribution in [2.75, 3.05) is 46.6 Å². The van der Waals surface area contributed by atoms with E-state index in [4.69, 9.17) is 0 Å². The van der Waals surface area contributed by atoms with Gasteiger partial charge in [-0.05, 0) is 98.4 Å². The highest BCUT2D eigenvalue weighted by atomic mass is 32.2. The topological polar surface area (TPSA) is 113 Å². The lowest BCUT2D eigenvalue weighted by atomic mass is 10.2.